The van der Waals surface area contributed by atoms with Crippen molar-refractivity contribution < 1.29 is 24.4 Å². The van der Waals surface area contributed by atoms with Crippen LogP contribution in [0.3, 0.4) is 0 Å². The number of fused-ring (bicyclic) bond motifs is 1. The van der Waals surface area contributed by atoms with Gasteiger partial charge >= 0.3 is 0 Å². The fraction of sp³-hybridized carbons (Fsp3) is 0.500. The summed E-state index contributed by atoms with van der Waals surface area (Å²) in [5.74, 6) is 0.431. The maximum Gasteiger partial charge on any atom is 0.226 e. The highest BCUT2D eigenvalue weighted by molar-refractivity contribution is 5.96. The van der Waals surface area contributed by atoms with E-state index in [9.17, 15) is 10.2 Å². The summed E-state index contributed by atoms with van der Waals surface area (Å²) in [6.45, 7) is 0.232. The van der Waals surface area contributed by atoms with Crippen molar-refractivity contribution in [1.29, 1.82) is 0 Å². The van der Waals surface area contributed by atoms with E-state index >= 15 is 0 Å². The first-order chi connectivity index (χ1) is 13.6. The Morgan fingerprint density at radius 1 is 1.39 bits per heavy atom. The van der Waals surface area contributed by atoms with Gasteiger partial charge in [0, 0.05) is 31.4 Å². The third-order valence-electron chi connectivity index (χ3n) is 5.74. The molecule has 10 heteroatoms. The normalized spacial score (nSPS) is 29.5. The van der Waals surface area contributed by atoms with Gasteiger partial charge in [-0.2, -0.15) is 5.10 Å². The summed E-state index contributed by atoms with van der Waals surface area (Å²) in [6, 6.07) is 1.89. The van der Waals surface area contributed by atoms with Crippen LogP contribution in [0.5, 0.6) is 5.88 Å². The monoisotopic (exact) mass is 387 g/mol. The van der Waals surface area contributed by atoms with E-state index in [-0.39, 0.29) is 6.61 Å². The molecular weight excluding hydrogens is 366 g/mol. The van der Waals surface area contributed by atoms with E-state index in [1.165, 1.54) is 6.33 Å². The molecule has 3 aromatic rings. The van der Waals surface area contributed by atoms with Crippen LogP contribution in [0.15, 0.2) is 24.8 Å². The van der Waals surface area contributed by atoms with E-state index in [0.29, 0.717) is 29.9 Å². The van der Waals surface area contributed by atoms with Crippen LogP contribution in [-0.4, -0.2) is 72.7 Å². The molecule has 1 spiro atoms. The van der Waals surface area contributed by atoms with Gasteiger partial charge in [0.1, 0.15) is 29.8 Å². The zero-order valence-corrected chi connectivity index (χ0v) is 15.5. The molecule has 2 aliphatic rings. The van der Waals surface area contributed by atoms with Crippen LogP contribution in [0, 0.1) is 0 Å². The Kier molecular flexibility index (Phi) is 3.91. The fourth-order valence-corrected chi connectivity index (χ4v) is 4.25. The molecule has 5 heterocycles. The maximum absolute atomic E-state index is 10.7. The number of hydrogen-bond acceptors (Lipinski definition) is 8. The van der Waals surface area contributed by atoms with E-state index in [1.54, 1.807) is 18.0 Å². The van der Waals surface area contributed by atoms with Gasteiger partial charge in [-0.3, -0.25) is 4.68 Å². The fourth-order valence-electron chi connectivity index (χ4n) is 4.25. The molecule has 0 amide bonds. The van der Waals surface area contributed by atoms with Crippen LogP contribution >= 0.6 is 0 Å². The molecule has 0 aromatic carbocycles. The summed E-state index contributed by atoms with van der Waals surface area (Å²) in [5.41, 5.74) is 1.36. The lowest BCUT2D eigenvalue weighted by atomic mass is 9.86. The maximum atomic E-state index is 10.7. The SMILES string of the molecule is COc1ncnc2c1c(-c1ccnn1C)cn2[C@@H]1O[C@H](CO)[C@@H](O)[C@]12CCO2. The molecule has 2 N–H and O–H groups in total. The Bertz CT molecular complexity index is 1030. The summed E-state index contributed by atoms with van der Waals surface area (Å²) >= 11 is 0. The third-order valence-corrected chi connectivity index (χ3v) is 5.74. The average molecular weight is 387 g/mol. The van der Waals surface area contributed by atoms with Crippen molar-refractivity contribution >= 4 is 11.0 Å². The van der Waals surface area contributed by atoms with Crippen LogP contribution < -0.4 is 4.74 Å². The van der Waals surface area contributed by atoms with Gasteiger partial charge < -0.3 is 29.0 Å². The molecule has 0 radical (unpaired) electrons. The second-order valence-corrected chi connectivity index (χ2v) is 7.08. The molecule has 2 saturated heterocycles. The Hall–Kier alpha value is -2.53. The molecular formula is C18H21N5O5. The van der Waals surface area contributed by atoms with Crippen LogP contribution in [0.25, 0.3) is 22.3 Å². The van der Waals surface area contributed by atoms with Gasteiger partial charge in [-0.25, -0.2) is 9.97 Å². The van der Waals surface area contributed by atoms with Crippen LogP contribution in [0.4, 0.5) is 0 Å². The summed E-state index contributed by atoms with van der Waals surface area (Å²) in [6.07, 6.45) is 3.34. The Morgan fingerprint density at radius 2 is 2.21 bits per heavy atom. The van der Waals surface area contributed by atoms with Crippen molar-refractivity contribution in [1.82, 2.24) is 24.3 Å². The molecule has 0 unspecified atom stereocenters. The Balaban J connectivity index is 1.74. The number of hydrogen-bond donors (Lipinski definition) is 2. The standard InChI is InChI=1S/C18H21N5O5/c1-22-11(3-5-21-22)10-7-23(15-13(10)16(26-2)20-9-19-15)17-18(4-6-27-18)14(25)12(8-24)28-17/h3,5,7,9,12,14,17,24-25H,4,6,8H2,1-2H3/t12-,14-,17-,18-/m1/s1. The van der Waals surface area contributed by atoms with E-state index in [4.69, 9.17) is 14.2 Å². The summed E-state index contributed by atoms with van der Waals surface area (Å²) in [5, 5.41) is 25.3. The number of aromatic nitrogens is 5. The largest absolute Gasteiger partial charge is 0.480 e. The zero-order valence-electron chi connectivity index (χ0n) is 15.5. The molecule has 2 aliphatic heterocycles. The van der Waals surface area contributed by atoms with Gasteiger partial charge in [0.05, 0.1) is 31.4 Å². The lowest BCUT2D eigenvalue weighted by molar-refractivity contribution is -0.225. The number of methoxy groups -OCH3 is 1. The minimum atomic E-state index is -0.933. The number of aryl methyl sites for hydroxylation is 1. The minimum Gasteiger partial charge on any atom is -0.480 e. The topological polar surface area (TPSA) is 117 Å². The molecule has 5 rings (SSSR count). The second kappa shape index (κ2) is 6.24. The zero-order chi connectivity index (χ0) is 19.5. The molecule has 10 nitrogen and oxygen atoms in total. The second-order valence-electron chi connectivity index (χ2n) is 7.08. The Labute approximate surface area is 160 Å². The van der Waals surface area contributed by atoms with Gasteiger partial charge in [0.15, 0.2) is 6.23 Å². The van der Waals surface area contributed by atoms with Gasteiger partial charge in [-0.05, 0) is 6.07 Å². The van der Waals surface area contributed by atoms with E-state index in [1.807, 2.05) is 23.9 Å². The summed E-state index contributed by atoms with van der Waals surface area (Å²) < 4.78 is 20.9. The van der Waals surface area contributed by atoms with Crippen LogP contribution in [0.2, 0.25) is 0 Å². The molecule has 4 atom stereocenters. The molecule has 0 aliphatic carbocycles. The van der Waals surface area contributed by atoms with E-state index in [2.05, 4.69) is 15.1 Å². The van der Waals surface area contributed by atoms with E-state index < -0.39 is 24.0 Å². The predicted octanol–water partition coefficient (Wildman–Crippen LogP) is 0.250. The minimum absolute atomic E-state index is 0.297. The number of rotatable bonds is 4. The van der Waals surface area contributed by atoms with Crippen molar-refractivity contribution in [3.05, 3.63) is 24.8 Å². The summed E-state index contributed by atoms with van der Waals surface area (Å²) in [7, 11) is 3.41. The number of aliphatic hydroxyl groups is 2. The molecule has 0 bridgehead atoms. The first-order valence-corrected chi connectivity index (χ1v) is 9.07. The molecule has 148 valence electrons. The van der Waals surface area contributed by atoms with Crippen LogP contribution in [-0.2, 0) is 16.5 Å². The lowest BCUT2D eigenvalue weighted by Crippen LogP contribution is -2.56. The average Bonchev–Trinajstić information content (AvgIpc) is 3.34. The first kappa shape index (κ1) is 17.6. The van der Waals surface area contributed by atoms with Crippen molar-refractivity contribution in [2.24, 2.45) is 7.05 Å². The van der Waals surface area contributed by atoms with Crippen molar-refractivity contribution in [3.8, 4) is 17.1 Å². The van der Waals surface area contributed by atoms with E-state index in [0.717, 1.165) is 11.3 Å². The highest BCUT2D eigenvalue weighted by Gasteiger charge is 2.61. The van der Waals surface area contributed by atoms with Crippen molar-refractivity contribution in [2.45, 2.75) is 30.5 Å². The van der Waals surface area contributed by atoms with Gasteiger partial charge in [-0.15, -0.1) is 0 Å². The first-order valence-electron chi connectivity index (χ1n) is 9.07. The molecule has 28 heavy (non-hydrogen) atoms. The number of nitrogens with zero attached hydrogens (tertiary/aromatic N) is 5. The van der Waals surface area contributed by atoms with Gasteiger partial charge in [-0.1, -0.05) is 0 Å². The predicted molar refractivity (Wildman–Crippen MR) is 96.6 cm³/mol. The quantitative estimate of drug-likeness (QED) is 0.654. The Morgan fingerprint density at radius 3 is 2.82 bits per heavy atom. The van der Waals surface area contributed by atoms with Crippen molar-refractivity contribution in [2.75, 3.05) is 20.3 Å². The van der Waals surface area contributed by atoms with Crippen molar-refractivity contribution in [3.63, 3.8) is 0 Å². The highest BCUT2D eigenvalue weighted by atomic mass is 16.6. The van der Waals surface area contributed by atoms with Gasteiger partial charge in [0.2, 0.25) is 5.88 Å². The highest BCUT2D eigenvalue weighted by Crippen LogP contribution is 2.50. The van der Waals surface area contributed by atoms with Crippen LogP contribution in [0.1, 0.15) is 12.6 Å². The number of ether oxygens (including phenoxy) is 3. The smallest absolute Gasteiger partial charge is 0.226 e. The molecule has 0 saturated carbocycles. The number of aliphatic hydroxyl groups excluding tert-OH is 2. The molecule has 3 aromatic heterocycles. The lowest BCUT2D eigenvalue weighted by Gasteiger charge is -2.44. The molecule has 2 fully saturated rings. The third kappa shape index (κ3) is 2.20. The summed E-state index contributed by atoms with van der Waals surface area (Å²) in [4.78, 5) is 8.70. The van der Waals surface area contributed by atoms with Gasteiger partial charge in [0.25, 0.3) is 0 Å².